The first-order valence-electron chi connectivity index (χ1n) is 7.25. The Kier molecular flexibility index (Phi) is 6.12. The van der Waals surface area contributed by atoms with Crippen molar-refractivity contribution in [1.82, 2.24) is 10.6 Å². The Balaban J connectivity index is 2.50. The largest absolute Gasteiger partial charge is 0.480 e. The Hall–Kier alpha value is -1.26. The van der Waals surface area contributed by atoms with Crippen LogP contribution >= 0.6 is 0 Å². The summed E-state index contributed by atoms with van der Waals surface area (Å²) in [7, 11) is 0. The van der Waals surface area contributed by atoms with Gasteiger partial charge in [0.15, 0.2) is 0 Å². The first-order valence-corrected chi connectivity index (χ1v) is 7.25. The molecule has 0 aromatic carbocycles. The molecule has 0 aromatic heterocycles. The molecule has 0 spiro atoms. The summed E-state index contributed by atoms with van der Waals surface area (Å²) in [6, 6.07) is -1.00. The van der Waals surface area contributed by atoms with Gasteiger partial charge in [-0.05, 0) is 24.7 Å². The van der Waals surface area contributed by atoms with Gasteiger partial charge in [-0.25, -0.2) is 9.59 Å². The first kappa shape index (κ1) is 15.8. The topological polar surface area (TPSA) is 78.4 Å². The third-order valence-corrected chi connectivity index (χ3v) is 4.19. The van der Waals surface area contributed by atoms with Crippen LogP contribution in [0.25, 0.3) is 0 Å². The molecule has 0 bridgehead atoms. The number of urea groups is 1. The number of rotatable bonds is 5. The van der Waals surface area contributed by atoms with Crippen molar-refractivity contribution in [3.63, 3.8) is 0 Å². The van der Waals surface area contributed by atoms with Crippen molar-refractivity contribution in [2.24, 2.45) is 11.8 Å². The average Bonchev–Trinajstić information content (AvgIpc) is 2.37. The van der Waals surface area contributed by atoms with Crippen LogP contribution in [0.3, 0.4) is 0 Å². The van der Waals surface area contributed by atoms with Gasteiger partial charge in [0, 0.05) is 6.04 Å². The molecule has 2 amide bonds. The van der Waals surface area contributed by atoms with E-state index in [1.807, 2.05) is 13.8 Å². The first-order chi connectivity index (χ1) is 8.95. The van der Waals surface area contributed by atoms with E-state index in [2.05, 4.69) is 17.6 Å². The van der Waals surface area contributed by atoms with E-state index in [9.17, 15) is 9.59 Å². The van der Waals surface area contributed by atoms with E-state index in [1.54, 1.807) is 0 Å². The van der Waals surface area contributed by atoms with Crippen molar-refractivity contribution >= 4 is 12.0 Å². The molecule has 1 aliphatic rings. The zero-order valence-electron chi connectivity index (χ0n) is 12.1. The van der Waals surface area contributed by atoms with Crippen molar-refractivity contribution in [3.05, 3.63) is 0 Å². The Bertz CT molecular complexity index is 320. The fraction of sp³-hybridized carbons (Fsp3) is 0.857. The van der Waals surface area contributed by atoms with Gasteiger partial charge in [0.1, 0.15) is 6.04 Å². The maximum Gasteiger partial charge on any atom is 0.326 e. The van der Waals surface area contributed by atoms with E-state index >= 15 is 0 Å². The zero-order chi connectivity index (χ0) is 14.4. The van der Waals surface area contributed by atoms with Gasteiger partial charge in [-0.15, -0.1) is 0 Å². The number of amides is 2. The third-order valence-electron chi connectivity index (χ3n) is 4.19. The van der Waals surface area contributed by atoms with Crippen LogP contribution in [-0.4, -0.2) is 29.2 Å². The maximum atomic E-state index is 11.9. The summed E-state index contributed by atoms with van der Waals surface area (Å²) < 4.78 is 0. The van der Waals surface area contributed by atoms with Crippen molar-refractivity contribution < 1.29 is 14.7 Å². The lowest BCUT2D eigenvalue weighted by molar-refractivity contribution is -0.140. The van der Waals surface area contributed by atoms with Crippen molar-refractivity contribution in [3.8, 4) is 0 Å². The number of carboxylic acids is 1. The average molecular weight is 270 g/mol. The lowest BCUT2D eigenvalue weighted by Crippen LogP contribution is -2.52. The van der Waals surface area contributed by atoms with E-state index in [1.165, 1.54) is 6.42 Å². The highest BCUT2D eigenvalue weighted by molar-refractivity contribution is 5.82. The fourth-order valence-electron chi connectivity index (χ4n) is 2.57. The number of carbonyl (C=O) groups is 2. The second-order valence-corrected chi connectivity index (χ2v) is 5.69. The van der Waals surface area contributed by atoms with Crippen LogP contribution < -0.4 is 10.6 Å². The smallest absolute Gasteiger partial charge is 0.326 e. The molecule has 19 heavy (non-hydrogen) atoms. The summed E-state index contributed by atoms with van der Waals surface area (Å²) >= 11 is 0. The third kappa shape index (κ3) is 4.73. The van der Waals surface area contributed by atoms with Gasteiger partial charge in [-0.2, -0.15) is 0 Å². The van der Waals surface area contributed by atoms with Crippen molar-refractivity contribution in [2.75, 3.05) is 0 Å². The minimum atomic E-state index is -0.971. The van der Waals surface area contributed by atoms with E-state index in [4.69, 9.17) is 5.11 Å². The molecule has 4 atom stereocenters. The van der Waals surface area contributed by atoms with Gasteiger partial charge in [0.25, 0.3) is 0 Å². The molecular formula is C14H26N2O3. The summed E-state index contributed by atoms with van der Waals surface area (Å²) in [6.45, 7) is 5.89. The minimum absolute atomic E-state index is 0.0768. The summed E-state index contributed by atoms with van der Waals surface area (Å²) in [5.41, 5.74) is 0. The predicted molar refractivity (Wildman–Crippen MR) is 74.0 cm³/mol. The molecule has 0 radical (unpaired) electrons. The highest BCUT2D eigenvalue weighted by atomic mass is 16.4. The molecule has 1 fully saturated rings. The molecule has 0 unspecified atom stereocenters. The monoisotopic (exact) mass is 270 g/mol. The zero-order valence-corrected chi connectivity index (χ0v) is 12.1. The second-order valence-electron chi connectivity index (χ2n) is 5.69. The van der Waals surface area contributed by atoms with Gasteiger partial charge in [0.2, 0.25) is 0 Å². The molecule has 110 valence electrons. The molecule has 1 rings (SSSR count). The molecule has 3 N–H and O–H groups in total. The SMILES string of the molecule is CC[C@@H](C)[C@@H](NC(=O)N[C@H]1CCCC[C@@H]1C)C(=O)O. The lowest BCUT2D eigenvalue weighted by Gasteiger charge is -2.30. The number of carbonyl (C=O) groups excluding carboxylic acids is 1. The Morgan fingerprint density at radius 3 is 2.47 bits per heavy atom. The molecule has 1 aliphatic carbocycles. The van der Waals surface area contributed by atoms with E-state index in [0.29, 0.717) is 5.92 Å². The van der Waals surface area contributed by atoms with Gasteiger partial charge >= 0.3 is 12.0 Å². The summed E-state index contributed by atoms with van der Waals surface area (Å²) in [5.74, 6) is -0.584. The molecule has 0 saturated heterocycles. The molecule has 0 heterocycles. The van der Waals surface area contributed by atoms with Crippen molar-refractivity contribution in [1.29, 1.82) is 0 Å². The van der Waals surface area contributed by atoms with E-state index in [0.717, 1.165) is 25.7 Å². The Labute approximate surface area is 115 Å². The number of nitrogens with one attached hydrogen (secondary N) is 2. The summed E-state index contributed by atoms with van der Waals surface area (Å²) in [6.07, 6.45) is 5.17. The van der Waals surface area contributed by atoms with Crippen LogP contribution in [0.2, 0.25) is 0 Å². The fourth-order valence-corrected chi connectivity index (χ4v) is 2.57. The van der Waals surface area contributed by atoms with E-state index in [-0.39, 0.29) is 18.0 Å². The van der Waals surface area contributed by atoms with Crippen LogP contribution in [0.4, 0.5) is 4.79 Å². The molecular weight excluding hydrogens is 244 g/mol. The second kappa shape index (κ2) is 7.36. The number of aliphatic carboxylic acids is 1. The summed E-state index contributed by atoms with van der Waals surface area (Å²) in [5, 5.41) is 14.6. The van der Waals surface area contributed by atoms with Gasteiger partial charge in [-0.1, -0.05) is 40.0 Å². The van der Waals surface area contributed by atoms with Crippen LogP contribution in [-0.2, 0) is 4.79 Å². The molecule has 5 nitrogen and oxygen atoms in total. The van der Waals surface area contributed by atoms with Gasteiger partial charge < -0.3 is 15.7 Å². The van der Waals surface area contributed by atoms with E-state index < -0.39 is 12.0 Å². The van der Waals surface area contributed by atoms with Crippen molar-refractivity contribution in [2.45, 2.75) is 65.0 Å². The highest BCUT2D eigenvalue weighted by Crippen LogP contribution is 2.23. The predicted octanol–water partition coefficient (Wildman–Crippen LogP) is 2.36. The minimum Gasteiger partial charge on any atom is -0.480 e. The highest BCUT2D eigenvalue weighted by Gasteiger charge is 2.28. The van der Waals surface area contributed by atoms with Crippen LogP contribution in [0.1, 0.15) is 52.9 Å². The Morgan fingerprint density at radius 2 is 1.95 bits per heavy atom. The molecule has 0 aliphatic heterocycles. The summed E-state index contributed by atoms with van der Waals surface area (Å²) in [4.78, 5) is 23.1. The van der Waals surface area contributed by atoms with Gasteiger partial charge in [0.05, 0.1) is 0 Å². The standard InChI is InChI=1S/C14H26N2O3/c1-4-9(2)12(13(17)18)16-14(19)15-11-8-6-5-7-10(11)3/h9-12H,4-8H2,1-3H3,(H,17,18)(H2,15,16,19)/t9-,10+,11+,12-/m1/s1. The van der Waals surface area contributed by atoms with Crippen LogP contribution in [0, 0.1) is 11.8 Å². The quantitative estimate of drug-likeness (QED) is 0.717. The Morgan fingerprint density at radius 1 is 1.32 bits per heavy atom. The van der Waals surface area contributed by atoms with Crippen LogP contribution in [0.15, 0.2) is 0 Å². The number of carboxylic acid groups (broad SMARTS) is 1. The number of hydrogen-bond donors (Lipinski definition) is 3. The number of hydrogen-bond acceptors (Lipinski definition) is 2. The van der Waals surface area contributed by atoms with Gasteiger partial charge in [-0.3, -0.25) is 0 Å². The lowest BCUT2D eigenvalue weighted by atomic mass is 9.86. The normalized spacial score (nSPS) is 26.3. The molecule has 0 aromatic rings. The molecule has 5 heteroatoms. The van der Waals surface area contributed by atoms with Crippen LogP contribution in [0.5, 0.6) is 0 Å². The molecule has 1 saturated carbocycles. The maximum absolute atomic E-state index is 11.9.